The second-order valence-corrected chi connectivity index (χ2v) is 34.5. The van der Waals surface area contributed by atoms with Crippen LogP contribution in [0.2, 0.25) is 0 Å². The van der Waals surface area contributed by atoms with E-state index < -0.39 is 77.8 Å². The fraction of sp³-hybridized carbons (Fsp3) is 0.692. The van der Waals surface area contributed by atoms with E-state index in [0.717, 1.165) is 48.9 Å². The van der Waals surface area contributed by atoms with Gasteiger partial charge in [-0.25, -0.2) is 24.1 Å². The Bertz CT molecular complexity index is 4290. The molecule has 0 spiro atoms. The molecule has 1 aliphatic carbocycles. The predicted molar refractivity (Wildman–Crippen MR) is 461 cm³/mol. The summed E-state index contributed by atoms with van der Waals surface area (Å²) in [4.78, 5) is 99.1. The van der Waals surface area contributed by atoms with E-state index in [9.17, 15) is 39.0 Å². The van der Waals surface area contributed by atoms with Gasteiger partial charge in [-0.2, -0.15) is 10.1 Å². The van der Waals surface area contributed by atoms with Crippen LogP contribution in [0.1, 0.15) is 184 Å². The van der Waals surface area contributed by atoms with Gasteiger partial charge in [0.15, 0.2) is 17.0 Å². The van der Waals surface area contributed by atoms with Gasteiger partial charge in [-0.3, -0.25) is 24.0 Å². The number of nitrogen functional groups attached to an aromatic ring is 2. The number of amides is 1. The number of benzene rings is 1. The van der Waals surface area contributed by atoms with Crippen molar-refractivity contribution in [3.63, 3.8) is 0 Å². The van der Waals surface area contributed by atoms with Gasteiger partial charge < -0.3 is 87.8 Å². The molecule has 32 heteroatoms. The van der Waals surface area contributed by atoms with Gasteiger partial charge in [-0.1, -0.05) is 96.6 Å². The van der Waals surface area contributed by atoms with Crippen molar-refractivity contribution in [3.05, 3.63) is 84.0 Å². The number of carbonyl (C=O) groups excluding carboxylic acids is 6. The van der Waals surface area contributed by atoms with Gasteiger partial charge in [0.2, 0.25) is 5.79 Å². The summed E-state index contributed by atoms with van der Waals surface area (Å²) in [5.74, 6) is -7.72. The number of aliphatic hydroxyl groups excluding tert-OH is 1. The lowest BCUT2D eigenvalue weighted by Crippen LogP contribution is -2.61. The molecule has 0 radical (unpaired) electrons. The van der Waals surface area contributed by atoms with E-state index in [1.807, 2.05) is 81.1 Å². The highest BCUT2D eigenvalue weighted by atomic mass is 16.6. The summed E-state index contributed by atoms with van der Waals surface area (Å²) in [6, 6.07) is 4.43. The van der Waals surface area contributed by atoms with Crippen molar-refractivity contribution >= 4 is 69.0 Å². The number of ketones is 4. The Morgan fingerprint density at radius 1 is 0.748 bits per heavy atom. The third-order valence-electron chi connectivity index (χ3n) is 24.2. The number of aliphatic hydroxyl groups is 2. The van der Waals surface area contributed by atoms with Crippen molar-refractivity contribution in [3.8, 4) is 11.3 Å². The largest absolute Gasteiger partial charge is 0.460 e. The van der Waals surface area contributed by atoms with Gasteiger partial charge in [-0.15, -0.1) is 5.10 Å². The predicted octanol–water partition coefficient (Wildman–Crippen LogP) is 10.9. The molecule has 682 valence electrons. The number of hydrogen-bond acceptors (Lipinski definition) is 29. The normalized spacial score (nSPS) is 27.2. The first kappa shape index (κ1) is 98.8. The summed E-state index contributed by atoms with van der Waals surface area (Å²) in [7, 11) is 4.65. The topological polar surface area (TPSA) is 409 Å². The number of esters is 1. The number of Topliss-reactive ketones (excluding diaryl/α,β-unsaturated/α-hetero) is 4. The van der Waals surface area contributed by atoms with Gasteiger partial charge >= 0.3 is 5.97 Å². The number of rotatable bonds is 40. The molecule has 7 heterocycles. The highest BCUT2D eigenvalue weighted by Gasteiger charge is 2.53. The minimum absolute atomic E-state index is 0.00635. The maximum Gasteiger partial charge on any atom is 0.329 e. The lowest BCUT2D eigenvalue weighted by molar-refractivity contribution is -0.265. The smallest absolute Gasteiger partial charge is 0.329 e. The zero-order chi connectivity index (χ0) is 88.6. The number of allylic oxidation sites excluding steroid dienone is 6. The van der Waals surface area contributed by atoms with E-state index in [-0.39, 0.29) is 78.1 Å². The Morgan fingerprint density at radius 3 is 2.15 bits per heavy atom. The van der Waals surface area contributed by atoms with Gasteiger partial charge in [-0.05, 0) is 156 Å². The molecule has 15 atom stereocenters. The van der Waals surface area contributed by atoms with Crippen molar-refractivity contribution in [2.45, 2.75) is 252 Å². The van der Waals surface area contributed by atoms with Crippen LogP contribution < -0.4 is 11.5 Å². The van der Waals surface area contributed by atoms with Crippen LogP contribution in [0.5, 0.6) is 0 Å². The third kappa shape index (κ3) is 29.8. The third-order valence-corrected chi connectivity index (χ3v) is 24.2. The molecule has 9 rings (SSSR count). The lowest BCUT2D eigenvalue weighted by Gasteiger charge is -2.42. The molecule has 3 fully saturated rings. The van der Waals surface area contributed by atoms with Gasteiger partial charge in [0.1, 0.15) is 59.3 Å². The highest BCUT2D eigenvalue weighted by molar-refractivity contribution is 6.39. The molecule has 1 saturated carbocycles. The number of piperidine rings is 1. The van der Waals surface area contributed by atoms with Crippen LogP contribution in [0.25, 0.3) is 33.4 Å². The number of cyclic esters (lactones) is 1. The number of nitrogens with two attached hydrogens (primary N) is 2. The van der Waals surface area contributed by atoms with Gasteiger partial charge in [0, 0.05) is 96.2 Å². The van der Waals surface area contributed by atoms with Crippen LogP contribution in [-0.2, 0) is 105 Å². The van der Waals surface area contributed by atoms with E-state index in [1.165, 1.54) is 18.3 Å². The minimum atomic E-state index is -2.46. The molecule has 4 aliphatic rings. The summed E-state index contributed by atoms with van der Waals surface area (Å²) in [6.45, 7) is 23.7. The molecule has 1 amide bonds. The Hall–Kier alpha value is -7.96. The van der Waals surface area contributed by atoms with Crippen molar-refractivity contribution in [2.75, 3.05) is 125 Å². The lowest BCUT2D eigenvalue weighted by atomic mass is 9.78. The molecule has 6 N–H and O–H groups in total. The molecule has 4 aromatic heterocycles. The number of anilines is 2. The second-order valence-electron chi connectivity index (χ2n) is 34.5. The van der Waals surface area contributed by atoms with Crippen molar-refractivity contribution in [2.24, 2.45) is 40.9 Å². The molecular formula is C91H137N11O21. The summed E-state index contributed by atoms with van der Waals surface area (Å²) in [6.07, 6.45) is 19.8. The van der Waals surface area contributed by atoms with E-state index in [0.29, 0.717) is 215 Å². The number of methoxy groups -OCH3 is 3. The number of ether oxygens (including phenoxy) is 12. The SMILES string of the molecule is CO[C@H]1C[C@@H]2CC[C@@H](C)[C@@](O)(O2)C(=O)C(=O)N2CCCC[C@H]2C(=O)O[C@H]([C@H](C)C[C@@H]2CC[C@@H](OCCC(C)(C)Cc3cn(CCOCCOCCOCCOCCOCCOCCC(=O)CCCCCn4nc(-c5ccc6oc(N)nc6c5)c5c(N)ncnc54)nn3)[C@H](OC)C2)CC(=O)[C@H](C)/C=C(\C)[C@@H](O)[C@@H](OC)C(=O)[C@H](C)C[C@H](C)/C=C/C=C/C=C/1C. The molecule has 0 unspecified atom stereocenters. The van der Waals surface area contributed by atoms with Crippen LogP contribution >= 0.6 is 0 Å². The zero-order valence-electron chi connectivity index (χ0n) is 74.5. The quantitative estimate of drug-likeness (QED) is 0.0122. The molecule has 32 nitrogen and oxygen atoms in total. The van der Waals surface area contributed by atoms with Crippen LogP contribution in [0, 0.1) is 40.9 Å². The maximum atomic E-state index is 14.8. The standard InChI is InChI=1S/C91H137N11O21/c1-59-21-15-13-16-22-60(2)76(111-10)54-70-28-25-65(7)91(110,123-70)84(107)87(108)101-33-20-18-24-72(101)88(109)121-77(55-73(104)61(3)50-64(6)82(106)83(113-12)81(105)63(5)49-59)62(4)51-66-26-29-75(78(52-66)112-11)120-37-32-90(8,9)56-68-57-100(99-97-68)35-38-115-40-42-117-44-46-119-48-47-118-45-43-116-41-39-114-36-31-69(103)23-17-14-19-34-102-86-79(85(92)94-58-95-86)80(98-102)67-27-30-74-71(53-67)96-89(93)122-74/h13,15-16,21-22,27,30,50,53,57-59,61-63,65-66,70,72,75-78,82-83,106,110H,14,17-20,23-26,28-29,31-49,51-52,54-56H2,1-12H3,(H2,93,96)(H2,92,94,95)/b16-13+,21-15+,60-22+,64-50+/t59-,61-,62-,63-,65-,66+,70+,72+,75-,76+,77+,78-,82-,83+,91-/m1/s1. The number of unbranched alkanes of at least 4 members (excludes halogenated alkanes) is 2. The molecule has 123 heavy (non-hydrogen) atoms. The average Bonchev–Trinajstić information content (AvgIpc) is 1.76. The Balaban J connectivity index is 0.633. The van der Waals surface area contributed by atoms with Gasteiger partial charge in [0.25, 0.3) is 17.7 Å². The molecule has 5 aromatic rings. The first-order valence-corrected chi connectivity index (χ1v) is 44.2. The fourth-order valence-electron chi connectivity index (χ4n) is 16.8. The molecule has 2 saturated heterocycles. The maximum absolute atomic E-state index is 14.8. The second kappa shape index (κ2) is 49.8. The van der Waals surface area contributed by atoms with Crippen molar-refractivity contribution in [1.82, 2.24) is 44.6 Å². The summed E-state index contributed by atoms with van der Waals surface area (Å²) in [5.41, 5.74) is 17.3. The summed E-state index contributed by atoms with van der Waals surface area (Å²) < 4.78 is 80.1. The minimum Gasteiger partial charge on any atom is -0.460 e. The van der Waals surface area contributed by atoms with Crippen molar-refractivity contribution in [1.29, 1.82) is 0 Å². The van der Waals surface area contributed by atoms with E-state index in [1.54, 1.807) is 51.8 Å². The number of nitrogens with zero attached hydrogens (tertiary/aromatic N) is 9. The molecular weight excluding hydrogens is 1580 g/mol. The van der Waals surface area contributed by atoms with Crippen LogP contribution in [0.4, 0.5) is 11.8 Å². The first-order chi connectivity index (χ1) is 59.1. The Labute approximate surface area is 723 Å². The van der Waals surface area contributed by atoms with E-state index in [4.69, 9.17) is 77.8 Å². The number of carbonyl (C=O) groups is 6. The van der Waals surface area contributed by atoms with E-state index in [2.05, 4.69) is 39.1 Å². The molecule has 2 bridgehead atoms. The monoisotopic (exact) mass is 1720 g/mol. The number of hydrogen-bond donors (Lipinski definition) is 4. The van der Waals surface area contributed by atoms with Gasteiger partial charge in [0.05, 0.1) is 121 Å². The number of aromatic nitrogens is 8. The fourth-order valence-corrected chi connectivity index (χ4v) is 16.8. The molecule has 1 aromatic carbocycles. The van der Waals surface area contributed by atoms with Crippen molar-refractivity contribution < 1.29 is 100 Å². The van der Waals surface area contributed by atoms with Crippen LogP contribution in [0.3, 0.4) is 0 Å². The van der Waals surface area contributed by atoms with Crippen LogP contribution in [-0.4, -0.2) is 258 Å². The number of fused-ring (bicyclic) bond motifs is 5. The highest BCUT2D eigenvalue weighted by Crippen LogP contribution is 2.40. The number of aryl methyl sites for hydroxylation is 1. The Morgan fingerprint density at radius 2 is 1.46 bits per heavy atom. The first-order valence-electron chi connectivity index (χ1n) is 44.2. The summed E-state index contributed by atoms with van der Waals surface area (Å²) >= 11 is 0. The van der Waals surface area contributed by atoms with E-state index >= 15 is 0 Å². The summed E-state index contributed by atoms with van der Waals surface area (Å²) in [5, 5.41) is 38.2. The number of oxazole rings is 1. The Kier molecular flexibility index (Phi) is 40.0. The average molecular weight is 1720 g/mol. The zero-order valence-corrected chi connectivity index (χ0v) is 74.5. The molecule has 3 aliphatic heterocycles. The van der Waals surface area contributed by atoms with Crippen LogP contribution in [0.15, 0.2) is 82.7 Å².